The summed E-state index contributed by atoms with van der Waals surface area (Å²) in [5.41, 5.74) is 2.59. The molecule has 1 aromatic heterocycles. The Hall–Kier alpha value is -1.41. The lowest BCUT2D eigenvalue weighted by Crippen LogP contribution is -2.40. The first-order chi connectivity index (χ1) is 9.23. The summed E-state index contributed by atoms with van der Waals surface area (Å²) in [6.45, 7) is 4.61. The van der Waals surface area contributed by atoms with Crippen LogP contribution in [0.15, 0.2) is 42.9 Å². The van der Waals surface area contributed by atoms with Crippen LogP contribution in [0.25, 0.3) is 5.57 Å². The van der Waals surface area contributed by atoms with Gasteiger partial charge in [0, 0.05) is 12.4 Å². The summed E-state index contributed by atoms with van der Waals surface area (Å²) in [7, 11) is 2.32. The topological polar surface area (TPSA) is 12.9 Å². The Bertz CT molecular complexity index is 448. The van der Waals surface area contributed by atoms with Crippen molar-refractivity contribution in [1.29, 1.82) is 0 Å². The molecule has 0 saturated carbocycles. The number of rotatable bonds is 6. The van der Waals surface area contributed by atoms with Gasteiger partial charge >= 0.3 is 0 Å². The fourth-order valence-corrected chi connectivity index (χ4v) is 2.52. The molecule has 2 nitrogen and oxygen atoms in total. The number of quaternary nitrogens is 1. The molecule has 0 saturated heterocycles. The number of allylic oxidation sites excluding steroid dienone is 2. The molecule has 1 aliphatic heterocycles. The van der Waals surface area contributed by atoms with Crippen molar-refractivity contribution in [3.05, 3.63) is 48.4 Å². The predicted octanol–water partition coefficient (Wildman–Crippen LogP) is 4.02. The molecule has 0 amide bonds. The number of likely N-dealkylation sites (N-methyl/N-ethyl adjacent to an activating group) is 1. The van der Waals surface area contributed by atoms with E-state index in [4.69, 9.17) is 0 Å². The fraction of sp³-hybridized carbons (Fsp3) is 0.471. The molecule has 2 heteroatoms. The zero-order chi connectivity index (χ0) is 13.6. The van der Waals surface area contributed by atoms with Gasteiger partial charge in [-0.1, -0.05) is 19.8 Å². The van der Waals surface area contributed by atoms with Crippen LogP contribution < -0.4 is 0 Å². The van der Waals surface area contributed by atoms with E-state index < -0.39 is 0 Å². The van der Waals surface area contributed by atoms with Gasteiger partial charge in [-0.3, -0.25) is 9.47 Å². The highest BCUT2D eigenvalue weighted by Gasteiger charge is 2.20. The highest BCUT2D eigenvalue weighted by molar-refractivity contribution is 5.73. The molecular weight excluding hydrogens is 232 g/mol. The van der Waals surface area contributed by atoms with Gasteiger partial charge in [0.05, 0.1) is 19.8 Å². The Kier molecular flexibility index (Phi) is 4.92. The van der Waals surface area contributed by atoms with Crippen molar-refractivity contribution in [2.45, 2.75) is 32.6 Å². The lowest BCUT2D eigenvalue weighted by Gasteiger charge is -2.32. The number of pyridine rings is 1. The third kappa shape index (κ3) is 4.03. The van der Waals surface area contributed by atoms with Gasteiger partial charge in [0.25, 0.3) is 0 Å². The first kappa shape index (κ1) is 14.0. The van der Waals surface area contributed by atoms with Crippen LogP contribution in [-0.4, -0.2) is 29.6 Å². The summed E-state index contributed by atoms with van der Waals surface area (Å²) in [5, 5.41) is 0. The molecule has 2 heterocycles. The van der Waals surface area contributed by atoms with Crippen molar-refractivity contribution in [2.75, 3.05) is 20.1 Å². The molecule has 19 heavy (non-hydrogen) atoms. The average Bonchev–Trinajstić information content (AvgIpc) is 2.46. The summed E-state index contributed by atoms with van der Waals surface area (Å²) in [6.07, 6.45) is 16.0. The Morgan fingerprint density at radius 3 is 2.58 bits per heavy atom. The maximum Gasteiger partial charge on any atom is 0.102 e. The molecule has 0 aliphatic carbocycles. The summed E-state index contributed by atoms with van der Waals surface area (Å²) in [5.74, 6) is 0. The van der Waals surface area contributed by atoms with Crippen LogP contribution in [0.3, 0.4) is 0 Å². The van der Waals surface area contributed by atoms with Crippen molar-refractivity contribution < 1.29 is 4.48 Å². The maximum atomic E-state index is 4.07. The van der Waals surface area contributed by atoms with Crippen LogP contribution in [0.1, 0.15) is 38.2 Å². The normalized spacial score (nSPS) is 22.3. The molecule has 0 N–H and O–H groups in total. The van der Waals surface area contributed by atoms with E-state index in [9.17, 15) is 0 Å². The van der Waals surface area contributed by atoms with E-state index >= 15 is 0 Å². The van der Waals surface area contributed by atoms with Gasteiger partial charge in [-0.2, -0.15) is 0 Å². The molecular formula is C17H25N2+. The Labute approximate surface area is 117 Å². The Morgan fingerprint density at radius 2 is 1.95 bits per heavy atom. The molecule has 1 atom stereocenters. The first-order valence-electron chi connectivity index (χ1n) is 7.37. The van der Waals surface area contributed by atoms with E-state index in [1.807, 2.05) is 12.4 Å². The molecule has 2 rings (SSSR count). The van der Waals surface area contributed by atoms with Crippen molar-refractivity contribution in [1.82, 2.24) is 4.98 Å². The van der Waals surface area contributed by atoms with E-state index in [2.05, 4.69) is 49.4 Å². The van der Waals surface area contributed by atoms with Crippen LogP contribution in [0.2, 0.25) is 0 Å². The minimum absolute atomic E-state index is 1.04. The lowest BCUT2D eigenvalue weighted by molar-refractivity contribution is -0.854. The quantitative estimate of drug-likeness (QED) is 0.554. The van der Waals surface area contributed by atoms with Crippen LogP contribution in [-0.2, 0) is 0 Å². The molecule has 1 aromatic rings. The van der Waals surface area contributed by atoms with Crippen LogP contribution in [0, 0.1) is 0 Å². The SMILES string of the molecule is CCCCCC[N+]1(C)C=CC(c2ccncc2)=CC1. The zero-order valence-corrected chi connectivity index (χ0v) is 12.2. The van der Waals surface area contributed by atoms with Crippen LogP contribution in [0.4, 0.5) is 0 Å². The predicted molar refractivity (Wildman–Crippen MR) is 81.4 cm³/mol. The van der Waals surface area contributed by atoms with Gasteiger partial charge in [0.2, 0.25) is 0 Å². The van der Waals surface area contributed by atoms with Gasteiger partial charge in [-0.05, 0) is 48.3 Å². The van der Waals surface area contributed by atoms with Crippen molar-refractivity contribution in [3.63, 3.8) is 0 Å². The molecule has 0 aromatic carbocycles. The second kappa shape index (κ2) is 6.67. The lowest BCUT2D eigenvalue weighted by atomic mass is 10.0. The summed E-state index contributed by atoms with van der Waals surface area (Å²) in [4.78, 5) is 4.07. The molecule has 0 spiro atoms. The Balaban J connectivity index is 1.90. The summed E-state index contributed by atoms with van der Waals surface area (Å²) < 4.78 is 1.04. The second-order valence-corrected chi connectivity index (χ2v) is 5.66. The van der Waals surface area contributed by atoms with Gasteiger partial charge in [-0.15, -0.1) is 0 Å². The van der Waals surface area contributed by atoms with E-state index in [1.165, 1.54) is 43.4 Å². The van der Waals surface area contributed by atoms with Gasteiger partial charge in [-0.25, -0.2) is 0 Å². The summed E-state index contributed by atoms with van der Waals surface area (Å²) in [6, 6.07) is 4.15. The molecule has 0 radical (unpaired) electrons. The molecule has 0 fully saturated rings. The van der Waals surface area contributed by atoms with Gasteiger partial charge in [0.1, 0.15) is 6.54 Å². The number of hydrogen-bond acceptors (Lipinski definition) is 1. The molecule has 0 bridgehead atoms. The van der Waals surface area contributed by atoms with Gasteiger partial charge < -0.3 is 0 Å². The number of hydrogen-bond donors (Lipinski definition) is 0. The third-order valence-corrected chi connectivity index (χ3v) is 3.88. The number of nitrogens with zero attached hydrogens (tertiary/aromatic N) is 2. The number of aromatic nitrogens is 1. The Morgan fingerprint density at radius 1 is 1.16 bits per heavy atom. The number of unbranched alkanes of at least 4 members (excludes halogenated alkanes) is 3. The fourth-order valence-electron chi connectivity index (χ4n) is 2.52. The van der Waals surface area contributed by atoms with Crippen molar-refractivity contribution in [2.24, 2.45) is 0 Å². The monoisotopic (exact) mass is 257 g/mol. The largest absolute Gasteiger partial charge is 0.296 e. The van der Waals surface area contributed by atoms with Crippen molar-refractivity contribution in [3.8, 4) is 0 Å². The highest BCUT2D eigenvalue weighted by Crippen LogP contribution is 2.22. The molecule has 102 valence electrons. The molecule has 1 unspecified atom stereocenters. The first-order valence-corrected chi connectivity index (χ1v) is 7.37. The van der Waals surface area contributed by atoms with Crippen LogP contribution >= 0.6 is 0 Å². The van der Waals surface area contributed by atoms with E-state index in [-0.39, 0.29) is 0 Å². The maximum absolute atomic E-state index is 4.07. The minimum Gasteiger partial charge on any atom is -0.296 e. The smallest absolute Gasteiger partial charge is 0.102 e. The van der Waals surface area contributed by atoms with E-state index in [0.29, 0.717) is 0 Å². The molecule has 1 aliphatic rings. The van der Waals surface area contributed by atoms with Crippen molar-refractivity contribution >= 4 is 5.57 Å². The second-order valence-electron chi connectivity index (χ2n) is 5.66. The summed E-state index contributed by atoms with van der Waals surface area (Å²) >= 11 is 0. The minimum atomic E-state index is 1.04. The highest BCUT2D eigenvalue weighted by atomic mass is 15.3. The average molecular weight is 257 g/mol. The van der Waals surface area contributed by atoms with E-state index in [1.54, 1.807) is 0 Å². The van der Waals surface area contributed by atoms with Gasteiger partial charge in [0.15, 0.2) is 0 Å². The van der Waals surface area contributed by atoms with E-state index in [0.717, 1.165) is 11.0 Å². The standard InChI is InChI=1S/C17H25N2/c1-3-4-5-6-13-19(2)14-9-17(10-15-19)16-7-11-18-12-8-16/h7-12,14H,3-6,13,15H2,1-2H3/q+1. The third-order valence-electron chi connectivity index (χ3n) is 3.88. The zero-order valence-electron chi connectivity index (χ0n) is 12.2. The van der Waals surface area contributed by atoms with Crippen LogP contribution in [0.5, 0.6) is 0 Å².